The highest BCUT2D eigenvalue weighted by Crippen LogP contribution is 2.05. The van der Waals surface area contributed by atoms with Crippen molar-refractivity contribution in [3.05, 3.63) is 29.8 Å². The van der Waals surface area contributed by atoms with E-state index in [4.69, 9.17) is 0 Å². The topological polar surface area (TPSA) is 24.9 Å². The third-order valence-corrected chi connectivity index (χ3v) is 2.29. The molecule has 0 saturated heterocycles. The van der Waals surface area contributed by atoms with Gasteiger partial charge in [0.25, 0.3) is 0 Å². The summed E-state index contributed by atoms with van der Waals surface area (Å²) in [5.74, 6) is -0.273. The lowest BCUT2D eigenvalue weighted by Gasteiger charge is -2.14. The molecule has 78 valence electrons. The lowest BCUT2D eigenvalue weighted by molar-refractivity contribution is 0.507. The van der Waals surface area contributed by atoms with Gasteiger partial charge < -0.3 is 5.32 Å². The molecule has 1 atom stereocenters. The van der Waals surface area contributed by atoms with Crippen molar-refractivity contribution in [1.82, 2.24) is 10.3 Å². The average molecular weight is 196 g/mol. The highest BCUT2D eigenvalue weighted by Gasteiger charge is 2.06. The molecule has 1 N–H and O–H groups in total. The summed E-state index contributed by atoms with van der Waals surface area (Å²) in [6, 6.07) is 3.65. The maximum atomic E-state index is 12.6. The van der Waals surface area contributed by atoms with Crippen molar-refractivity contribution in [2.24, 2.45) is 0 Å². The number of aromatic nitrogens is 1. The van der Waals surface area contributed by atoms with Gasteiger partial charge in [0.15, 0.2) is 0 Å². The van der Waals surface area contributed by atoms with Crippen LogP contribution in [0.2, 0.25) is 0 Å². The minimum Gasteiger partial charge on any atom is -0.317 e. The Morgan fingerprint density at radius 1 is 1.50 bits per heavy atom. The van der Waals surface area contributed by atoms with Crippen molar-refractivity contribution in [3.8, 4) is 0 Å². The maximum absolute atomic E-state index is 12.6. The van der Waals surface area contributed by atoms with Crippen LogP contribution in [0.5, 0.6) is 0 Å². The zero-order chi connectivity index (χ0) is 10.4. The highest BCUT2D eigenvalue weighted by atomic mass is 19.1. The van der Waals surface area contributed by atoms with Gasteiger partial charge in [0.2, 0.25) is 0 Å². The summed E-state index contributed by atoms with van der Waals surface area (Å²) in [7, 11) is 1.95. The summed E-state index contributed by atoms with van der Waals surface area (Å²) in [6.07, 6.45) is 4.40. The van der Waals surface area contributed by atoms with Crippen molar-refractivity contribution >= 4 is 0 Å². The molecule has 1 unspecified atom stereocenters. The summed E-state index contributed by atoms with van der Waals surface area (Å²) < 4.78 is 12.6. The summed E-state index contributed by atoms with van der Waals surface area (Å²) in [6.45, 7) is 2.16. The van der Waals surface area contributed by atoms with Crippen LogP contribution in [-0.2, 0) is 6.42 Å². The quantitative estimate of drug-likeness (QED) is 0.780. The van der Waals surface area contributed by atoms with Crippen molar-refractivity contribution in [2.45, 2.75) is 32.2 Å². The molecule has 1 heterocycles. The smallest absolute Gasteiger partial charge is 0.141 e. The number of hydrogen-bond acceptors (Lipinski definition) is 2. The largest absolute Gasteiger partial charge is 0.317 e. The Morgan fingerprint density at radius 3 is 2.79 bits per heavy atom. The second kappa shape index (κ2) is 5.70. The van der Waals surface area contributed by atoms with Gasteiger partial charge in [-0.05, 0) is 25.6 Å². The van der Waals surface area contributed by atoms with E-state index in [9.17, 15) is 4.39 Å². The van der Waals surface area contributed by atoms with Gasteiger partial charge in [-0.2, -0.15) is 0 Å². The van der Waals surface area contributed by atoms with E-state index in [1.54, 1.807) is 6.07 Å². The van der Waals surface area contributed by atoms with E-state index in [1.807, 2.05) is 7.05 Å². The molecule has 1 aromatic heterocycles. The van der Waals surface area contributed by atoms with Gasteiger partial charge in [-0.3, -0.25) is 4.98 Å². The van der Waals surface area contributed by atoms with Crippen LogP contribution in [0.4, 0.5) is 4.39 Å². The van der Waals surface area contributed by atoms with E-state index in [0.29, 0.717) is 6.04 Å². The van der Waals surface area contributed by atoms with Crippen molar-refractivity contribution < 1.29 is 4.39 Å². The number of nitrogens with one attached hydrogen (secondary N) is 1. The zero-order valence-electron chi connectivity index (χ0n) is 8.76. The summed E-state index contributed by atoms with van der Waals surface area (Å²) in [4.78, 5) is 4.03. The standard InChI is InChI=1S/C11H17FN2/c1-3-4-10(13-2)7-11-6-5-9(12)8-14-11/h5-6,8,10,13H,3-4,7H2,1-2H3. The normalized spacial score (nSPS) is 12.8. The first-order valence-electron chi connectivity index (χ1n) is 5.04. The molecule has 0 aromatic carbocycles. The Labute approximate surface area is 84.6 Å². The number of rotatable bonds is 5. The van der Waals surface area contributed by atoms with Gasteiger partial charge in [0, 0.05) is 18.2 Å². The molecule has 14 heavy (non-hydrogen) atoms. The number of halogens is 1. The fourth-order valence-electron chi connectivity index (χ4n) is 1.48. The van der Waals surface area contributed by atoms with Crippen molar-refractivity contribution in [1.29, 1.82) is 0 Å². The minimum absolute atomic E-state index is 0.273. The molecule has 0 aliphatic rings. The Morgan fingerprint density at radius 2 is 2.29 bits per heavy atom. The zero-order valence-corrected chi connectivity index (χ0v) is 8.76. The van der Waals surface area contributed by atoms with Crippen LogP contribution in [0.1, 0.15) is 25.5 Å². The fraction of sp³-hybridized carbons (Fsp3) is 0.545. The molecule has 3 heteroatoms. The van der Waals surface area contributed by atoms with Crippen LogP contribution in [0.3, 0.4) is 0 Å². The first kappa shape index (κ1) is 11.1. The fourth-order valence-corrected chi connectivity index (χ4v) is 1.48. The summed E-state index contributed by atoms with van der Waals surface area (Å²) >= 11 is 0. The van der Waals surface area contributed by atoms with E-state index in [-0.39, 0.29) is 5.82 Å². The molecule has 0 saturated carbocycles. The van der Waals surface area contributed by atoms with Crippen LogP contribution in [0, 0.1) is 5.82 Å². The molecule has 0 amide bonds. The Kier molecular flexibility index (Phi) is 4.53. The SMILES string of the molecule is CCCC(Cc1ccc(F)cn1)NC. The number of hydrogen-bond donors (Lipinski definition) is 1. The molecule has 1 rings (SSSR count). The van der Waals surface area contributed by atoms with E-state index in [2.05, 4.69) is 17.2 Å². The minimum atomic E-state index is -0.273. The monoisotopic (exact) mass is 196 g/mol. The molecule has 0 spiro atoms. The summed E-state index contributed by atoms with van der Waals surface area (Å²) in [5, 5.41) is 3.23. The van der Waals surface area contributed by atoms with Crippen LogP contribution in [-0.4, -0.2) is 18.1 Å². The van der Waals surface area contributed by atoms with Crippen LogP contribution >= 0.6 is 0 Å². The Bertz CT molecular complexity index is 258. The second-order valence-electron chi connectivity index (χ2n) is 3.45. The number of pyridine rings is 1. The van der Waals surface area contributed by atoms with Crippen LogP contribution in [0.15, 0.2) is 18.3 Å². The van der Waals surface area contributed by atoms with Gasteiger partial charge in [-0.25, -0.2) is 4.39 Å². The lowest BCUT2D eigenvalue weighted by Crippen LogP contribution is -2.27. The average Bonchev–Trinajstić information content (AvgIpc) is 2.20. The van der Waals surface area contributed by atoms with Gasteiger partial charge in [0.05, 0.1) is 6.20 Å². The molecule has 0 bridgehead atoms. The third kappa shape index (κ3) is 3.42. The first-order chi connectivity index (χ1) is 6.76. The predicted octanol–water partition coefficient (Wildman–Crippen LogP) is 2.15. The first-order valence-corrected chi connectivity index (χ1v) is 5.04. The molecule has 1 aromatic rings. The highest BCUT2D eigenvalue weighted by molar-refractivity contribution is 5.06. The number of likely N-dealkylation sites (N-methyl/N-ethyl adjacent to an activating group) is 1. The van der Waals surface area contributed by atoms with E-state index in [1.165, 1.54) is 12.3 Å². The summed E-state index contributed by atoms with van der Waals surface area (Å²) in [5.41, 5.74) is 0.944. The van der Waals surface area contributed by atoms with Gasteiger partial charge in [0.1, 0.15) is 5.82 Å². The third-order valence-electron chi connectivity index (χ3n) is 2.29. The maximum Gasteiger partial charge on any atom is 0.141 e. The van der Waals surface area contributed by atoms with Crippen LogP contribution in [0.25, 0.3) is 0 Å². The Hall–Kier alpha value is -0.960. The van der Waals surface area contributed by atoms with E-state index >= 15 is 0 Å². The van der Waals surface area contributed by atoms with Gasteiger partial charge in [-0.15, -0.1) is 0 Å². The number of nitrogens with zero attached hydrogens (tertiary/aromatic N) is 1. The molecular formula is C11H17FN2. The molecule has 0 aliphatic heterocycles. The predicted molar refractivity (Wildman–Crippen MR) is 55.7 cm³/mol. The van der Waals surface area contributed by atoms with Crippen molar-refractivity contribution in [2.75, 3.05) is 7.05 Å². The van der Waals surface area contributed by atoms with E-state index < -0.39 is 0 Å². The molecular weight excluding hydrogens is 179 g/mol. The molecule has 0 radical (unpaired) electrons. The van der Waals surface area contributed by atoms with Crippen LogP contribution < -0.4 is 5.32 Å². The molecule has 2 nitrogen and oxygen atoms in total. The molecule has 0 aliphatic carbocycles. The van der Waals surface area contributed by atoms with Gasteiger partial charge in [-0.1, -0.05) is 13.3 Å². The Balaban J connectivity index is 2.53. The second-order valence-corrected chi connectivity index (χ2v) is 3.45. The van der Waals surface area contributed by atoms with E-state index in [0.717, 1.165) is 25.0 Å². The lowest BCUT2D eigenvalue weighted by atomic mass is 10.1. The molecule has 0 fully saturated rings. The van der Waals surface area contributed by atoms with Crippen molar-refractivity contribution in [3.63, 3.8) is 0 Å². The van der Waals surface area contributed by atoms with Gasteiger partial charge >= 0.3 is 0 Å².